The van der Waals surface area contributed by atoms with Crippen molar-refractivity contribution in [1.82, 2.24) is 20.1 Å². The molecule has 2 atom stereocenters. The van der Waals surface area contributed by atoms with Gasteiger partial charge in [0.2, 0.25) is 5.91 Å². The van der Waals surface area contributed by atoms with E-state index in [1.54, 1.807) is 44.4 Å². The second-order valence-corrected chi connectivity index (χ2v) is 13.4. The highest BCUT2D eigenvalue weighted by Crippen LogP contribution is 2.51. The summed E-state index contributed by atoms with van der Waals surface area (Å²) in [6.45, 7) is 1.51. The zero-order valence-corrected chi connectivity index (χ0v) is 26.8. The number of aliphatic hydroxyl groups is 1. The fraction of sp³-hybridized carbons (Fsp3) is 0.375. The maximum absolute atomic E-state index is 13.6. The summed E-state index contributed by atoms with van der Waals surface area (Å²) in [7, 11) is 1.54. The van der Waals surface area contributed by atoms with Gasteiger partial charge in [-0.2, -0.15) is 5.10 Å². The van der Waals surface area contributed by atoms with Crippen LogP contribution in [0.3, 0.4) is 0 Å². The van der Waals surface area contributed by atoms with Gasteiger partial charge in [-0.25, -0.2) is 4.98 Å². The van der Waals surface area contributed by atoms with Gasteiger partial charge >= 0.3 is 0 Å². The zero-order chi connectivity index (χ0) is 31.8. The van der Waals surface area contributed by atoms with Crippen LogP contribution in [0.2, 0.25) is 15.1 Å². The summed E-state index contributed by atoms with van der Waals surface area (Å²) in [6, 6.07) is 8.67. The average Bonchev–Trinajstić information content (AvgIpc) is 3.97. The van der Waals surface area contributed by atoms with Gasteiger partial charge in [0.1, 0.15) is 40.3 Å². The summed E-state index contributed by atoms with van der Waals surface area (Å²) in [4.78, 5) is 31.1. The van der Waals surface area contributed by atoms with Gasteiger partial charge in [0.05, 0.1) is 40.5 Å². The van der Waals surface area contributed by atoms with Crippen LogP contribution in [0.25, 0.3) is 22.2 Å². The lowest BCUT2D eigenvalue weighted by atomic mass is 9.81. The van der Waals surface area contributed by atoms with E-state index in [4.69, 9.17) is 55.0 Å². The number of nitrogens with one attached hydrogen (secondary N) is 1. The number of ether oxygens (including phenoxy) is 2. The highest BCUT2D eigenvalue weighted by molar-refractivity contribution is 6.49. The number of halogens is 3. The lowest BCUT2D eigenvalue weighted by Crippen LogP contribution is -2.44. The van der Waals surface area contributed by atoms with E-state index in [2.05, 4.69) is 10.4 Å². The summed E-state index contributed by atoms with van der Waals surface area (Å²) in [5.74, 6) is -0.385. The Morgan fingerprint density at radius 1 is 1.18 bits per heavy atom. The van der Waals surface area contributed by atoms with Crippen LogP contribution in [0.15, 0.2) is 36.5 Å². The van der Waals surface area contributed by atoms with E-state index in [1.165, 1.54) is 0 Å². The second kappa shape index (κ2) is 10.8. The van der Waals surface area contributed by atoms with Crippen LogP contribution < -0.4 is 20.5 Å². The third kappa shape index (κ3) is 4.99. The van der Waals surface area contributed by atoms with Gasteiger partial charge in [0.15, 0.2) is 0 Å². The third-order valence-electron chi connectivity index (χ3n) is 9.12. The molecule has 1 aliphatic heterocycles. The summed E-state index contributed by atoms with van der Waals surface area (Å²) in [5.41, 5.74) is 5.52. The van der Waals surface area contributed by atoms with E-state index in [0.29, 0.717) is 39.7 Å². The van der Waals surface area contributed by atoms with Crippen LogP contribution in [0.4, 0.5) is 0 Å². The SMILES string of the molecule is COc1cc(C(=O)NC[C@](O)(c2cc3c(c(-c4ccc(Cl)c(Cl)c4Cl)n2)OC[C@]3(C)C(N)=O)C2CC2)cc2cn(C3CC3)nc12. The molecule has 2 fully saturated rings. The second-order valence-electron chi connectivity index (χ2n) is 12.3. The van der Waals surface area contributed by atoms with Crippen molar-refractivity contribution in [3.05, 3.63) is 68.4 Å². The van der Waals surface area contributed by atoms with Gasteiger partial charge in [0.25, 0.3) is 5.91 Å². The Morgan fingerprint density at radius 2 is 1.93 bits per heavy atom. The van der Waals surface area contributed by atoms with Gasteiger partial charge in [0, 0.05) is 28.3 Å². The number of carbonyl (C=O) groups is 2. The van der Waals surface area contributed by atoms with Crippen LogP contribution in [-0.2, 0) is 15.8 Å². The molecule has 45 heavy (non-hydrogen) atoms. The summed E-state index contributed by atoms with van der Waals surface area (Å²) >= 11 is 19.2. The molecule has 0 bridgehead atoms. The van der Waals surface area contributed by atoms with Crippen LogP contribution >= 0.6 is 34.8 Å². The van der Waals surface area contributed by atoms with Gasteiger partial charge in [-0.1, -0.05) is 34.8 Å². The number of nitrogens with two attached hydrogens (primary N) is 1. The monoisotopic (exact) mass is 669 g/mol. The van der Waals surface area contributed by atoms with Crippen molar-refractivity contribution in [2.24, 2.45) is 11.7 Å². The van der Waals surface area contributed by atoms with E-state index < -0.39 is 22.8 Å². The Bertz CT molecular complexity index is 1910. The molecule has 7 rings (SSSR count). The van der Waals surface area contributed by atoms with Crippen molar-refractivity contribution in [1.29, 1.82) is 0 Å². The first-order chi connectivity index (χ1) is 21.4. The minimum absolute atomic E-state index is 0.0189. The predicted octanol–water partition coefficient (Wildman–Crippen LogP) is 5.57. The molecule has 2 aromatic heterocycles. The fourth-order valence-electron chi connectivity index (χ4n) is 5.96. The molecule has 2 aromatic carbocycles. The molecule has 234 valence electrons. The molecule has 0 spiro atoms. The standard InChI is InChI=1S/C32H30Cl3N5O5/c1-31(30(36)42)14-45-28-20(31)11-23(38-27(28)19-7-8-21(33)25(35)24(19)34)32(43,17-3-4-17)13-37-29(41)15-9-16-12-40(18-5-6-18)39-26(16)22(10-15)44-2/h7-12,17-18,43H,3-6,13-14H2,1-2H3,(H2,36,42)(H,37,41)/t31-,32+/m0/s1. The number of aromatic nitrogens is 3. The molecule has 3 heterocycles. The molecule has 0 unspecified atom stereocenters. The Hall–Kier alpha value is -3.57. The van der Waals surface area contributed by atoms with Crippen LogP contribution in [0.1, 0.15) is 60.3 Å². The first kappa shape index (κ1) is 30.1. The van der Waals surface area contributed by atoms with Crippen molar-refractivity contribution in [3.8, 4) is 22.8 Å². The Labute approximate surface area is 273 Å². The predicted molar refractivity (Wildman–Crippen MR) is 170 cm³/mol. The molecule has 4 aromatic rings. The van der Waals surface area contributed by atoms with E-state index in [0.717, 1.165) is 31.1 Å². The Kier molecular flexibility index (Phi) is 7.20. The van der Waals surface area contributed by atoms with Crippen LogP contribution in [-0.4, -0.2) is 51.9 Å². The number of amides is 2. The number of nitrogens with zero attached hydrogens (tertiary/aromatic N) is 3. The van der Waals surface area contributed by atoms with E-state index in [9.17, 15) is 14.7 Å². The zero-order valence-electron chi connectivity index (χ0n) is 24.5. The normalized spacial score (nSPS) is 20.4. The first-order valence-electron chi connectivity index (χ1n) is 14.6. The summed E-state index contributed by atoms with van der Waals surface area (Å²) in [5, 5.41) is 21.2. The minimum atomic E-state index is -1.59. The summed E-state index contributed by atoms with van der Waals surface area (Å²) in [6.07, 6.45) is 5.51. The minimum Gasteiger partial charge on any atom is -0.494 e. The molecule has 0 saturated heterocycles. The number of benzene rings is 2. The van der Waals surface area contributed by atoms with E-state index in [1.807, 2.05) is 10.9 Å². The van der Waals surface area contributed by atoms with Crippen molar-refractivity contribution < 1.29 is 24.2 Å². The number of rotatable bonds is 9. The van der Waals surface area contributed by atoms with Crippen molar-refractivity contribution in [3.63, 3.8) is 0 Å². The molecule has 2 amide bonds. The van der Waals surface area contributed by atoms with Crippen molar-refractivity contribution in [2.45, 2.75) is 49.7 Å². The molecule has 2 aliphatic carbocycles. The molecule has 0 radical (unpaired) electrons. The number of primary amides is 1. The number of methoxy groups -OCH3 is 1. The van der Waals surface area contributed by atoms with Gasteiger partial charge in [-0.05, 0) is 68.9 Å². The van der Waals surface area contributed by atoms with Gasteiger partial charge in [-0.3, -0.25) is 14.3 Å². The number of hydrogen-bond donors (Lipinski definition) is 3. The third-order valence-corrected chi connectivity index (χ3v) is 10.4. The van der Waals surface area contributed by atoms with E-state index >= 15 is 0 Å². The maximum Gasteiger partial charge on any atom is 0.251 e. The lowest BCUT2D eigenvalue weighted by molar-refractivity contribution is -0.123. The van der Waals surface area contributed by atoms with Crippen molar-refractivity contribution >= 4 is 57.5 Å². The Balaban J connectivity index is 1.27. The number of hydrogen-bond acceptors (Lipinski definition) is 7. The molecule has 13 heteroatoms. The molecular formula is C32H30Cl3N5O5. The summed E-state index contributed by atoms with van der Waals surface area (Å²) < 4.78 is 13.5. The smallest absolute Gasteiger partial charge is 0.251 e. The molecule has 3 aliphatic rings. The molecule has 2 saturated carbocycles. The molecular weight excluding hydrogens is 641 g/mol. The van der Waals surface area contributed by atoms with Crippen LogP contribution in [0.5, 0.6) is 11.5 Å². The maximum atomic E-state index is 13.6. The van der Waals surface area contributed by atoms with Crippen molar-refractivity contribution in [2.75, 3.05) is 20.3 Å². The van der Waals surface area contributed by atoms with E-state index in [-0.39, 0.29) is 45.5 Å². The van der Waals surface area contributed by atoms with Gasteiger partial charge < -0.3 is 25.6 Å². The molecule has 10 nitrogen and oxygen atoms in total. The van der Waals surface area contributed by atoms with Crippen LogP contribution in [0, 0.1) is 5.92 Å². The lowest BCUT2D eigenvalue weighted by Gasteiger charge is -2.30. The average molecular weight is 671 g/mol. The largest absolute Gasteiger partial charge is 0.494 e. The fourth-order valence-corrected chi connectivity index (χ4v) is 6.58. The quantitative estimate of drug-likeness (QED) is 0.198. The first-order valence-corrected chi connectivity index (χ1v) is 15.8. The molecule has 4 N–H and O–H groups in total. The topological polar surface area (TPSA) is 142 Å². The Morgan fingerprint density at radius 3 is 2.60 bits per heavy atom. The number of pyridine rings is 1. The highest BCUT2D eigenvalue weighted by atomic mass is 35.5. The number of fused-ring (bicyclic) bond motifs is 2. The highest BCUT2D eigenvalue weighted by Gasteiger charge is 2.50. The number of carbonyl (C=O) groups excluding carboxylic acids is 2. The van der Waals surface area contributed by atoms with Gasteiger partial charge in [-0.15, -0.1) is 0 Å².